The Morgan fingerprint density at radius 2 is 1.95 bits per heavy atom. The summed E-state index contributed by atoms with van der Waals surface area (Å²) in [4.78, 5) is 17.0. The van der Waals surface area contributed by atoms with Crippen LogP contribution in [0.3, 0.4) is 0 Å². The van der Waals surface area contributed by atoms with Gasteiger partial charge in [0.1, 0.15) is 0 Å². The predicted octanol–water partition coefficient (Wildman–Crippen LogP) is 0.555. The summed E-state index contributed by atoms with van der Waals surface area (Å²) in [6, 6.07) is 1.82. The summed E-state index contributed by atoms with van der Waals surface area (Å²) in [6.45, 7) is 3.92. The summed E-state index contributed by atoms with van der Waals surface area (Å²) in [5.41, 5.74) is 5.93. The maximum atomic E-state index is 5.93. The fraction of sp³-hybridized carbons (Fsp3) is 0.462. The van der Waals surface area contributed by atoms with E-state index in [1.54, 1.807) is 12.4 Å². The Bertz CT molecular complexity index is 461. The Kier molecular flexibility index (Phi) is 7.08. The van der Waals surface area contributed by atoms with E-state index in [0.29, 0.717) is 18.9 Å². The summed E-state index contributed by atoms with van der Waals surface area (Å²) >= 11 is 0. The molecule has 0 atom stereocenters. The monoisotopic (exact) mass is 386 g/mol. The fourth-order valence-electron chi connectivity index (χ4n) is 1.93. The zero-order chi connectivity index (χ0) is 13.5. The molecular weight excluding hydrogens is 367 g/mol. The van der Waals surface area contributed by atoms with Crippen LogP contribution in [0.2, 0.25) is 0 Å². The highest BCUT2D eigenvalue weighted by Crippen LogP contribution is 2.09. The Morgan fingerprint density at radius 1 is 1.30 bits per heavy atom. The highest BCUT2D eigenvalue weighted by molar-refractivity contribution is 14.0. The SMILES string of the molecule is C#CCCN=C(N)N1CCN(c2ncccn2)CC1.I. The molecule has 2 rings (SSSR count). The van der Waals surface area contributed by atoms with Gasteiger partial charge in [0.2, 0.25) is 5.95 Å². The molecule has 0 aliphatic carbocycles. The highest BCUT2D eigenvalue weighted by atomic mass is 127. The first-order valence-corrected chi connectivity index (χ1v) is 6.31. The Labute approximate surface area is 136 Å². The van der Waals surface area contributed by atoms with E-state index in [2.05, 4.69) is 30.7 Å². The van der Waals surface area contributed by atoms with Crippen molar-refractivity contribution in [3.63, 3.8) is 0 Å². The number of aromatic nitrogens is 2. The third-order valence-electron chi connectivity index (χ3n) is 2.97. The van der Waals surface area contributed by atoms with E-state index < -0.39 is 0 Å². The van der Waals surface area contributed by atoms with Gasteiger partial charge in [-0.15, -0.1) is 36.3 Å². The average Bonchev–Trinajstić information content (AvgIpc) is 2.48. The molecule has 1 aromatic heterocycles. The normalized spacial score (nSPS) is 15.4. The second-order valence-electron chi connectivity index (χ2n) is 4.22. The highest BCUT2D eigenvalue weighted by Gasteiger charge is 2.19. The molecule has 0 amide bonds. The molecule has 6 nitrogen and oxygen atoms in total. The van der Waals surface area contributed by atoms with Gasteiger partial charge in [-0.3, -0.25) is 4.99 Å². The molecular formula is C13H19IN6. The Balaban J connectivity index is 0.00000200. The molecule has 0 saturated carbocycles. The summed E-state index contributed by atoms with van der Waals surface area (Å²) in [7, 11) is 0. The van der Waals surface area contributed by atoms with Crippen LogP contribution >= 0.6 is 24.0 Å². The van der Waals surface area contributed by atoms with Gasteiger partial charge in [0.25, 0.3) is 0 Å². The number of nitrogens with zero attached hydrogens (tertiary/aromatic N) is 5. The predicted molar refractivity (Wildman–Crippen MR) is 91.2 cm³/mol. The molecule has 7 heteroatoms. The summed E-state index contributed by atoms with van der Waals surface area (Å²) in [5, 5.41) is 0. The number of aliphatic imine (C=N–C) groups is 1. The van der Waals surface area contributed by atoms with E-state index in [-0.39, 0.29) is 24.0 Å². The molecule has 0 aromatic carbocycles. The lowest BCUT2D eigenvalue weighted by Crippen LogP contribution is -2.51. The molecule has 0 unspecified atom stereocenters. The number of halogens is 1. The molecule has 2 heterocycles. The zero-order valence-corrected chi connectivity index (χ0v) is 13.6. The number of hydrogen-bond acceptors (Lipinski definition) is 4. The van der Waals surface area contributed by atoms with E-state index in [1.165, 1.54) is 0 Å². The largest absolute Gasteiger partial charge is 0.370 e. The number of piperazine rings is 1. The molecule has 1 aliphatic heterocycles. The second-order valence-corrected chi connectivity index (χ2v) is 4.22. The molecule has 2 N–H and O–H groups in total. The second kappa shape index (κ2) is 8.58. The van der Waals surface area contributed by atoms with Crippen molar-refractivity contribution in [2.24, 2.45) is 10.7 Å². The van der Waals surface area contributed by atoms with E-state index in [1.807, 2.05) is 6.07 Å². The van der Waals surface area contributed by atoms with Crippen LogP contribution in [-0.2, 0) is 0 Å². The minimum absolute atomic E-state index is 0. The zero-order valence-electron chi connectivity index (χ0n) is 11.3. The van der Waals surface area contributed by atoms with Gasteiger partial charge in [-0.1, -0.05) is 0 Å². The summed E-state index contributed by atoms with van der Waals surface area (Å²) in [6.07, 6.45) is 9.31. The van der Waals surface area contributed by atoms with Crippen molar-refractivity contribution in [3.05, 3.63) is 18.5 Å². The van der Waals surface area contributed by atoms with Crippen molar-refractivity contribution in [3.8, 4) is 12.3 Å². The minimum atomic E-state index is 0. The van der Waals surface area contributed by atoms with Crippen LogP contribution in [0.4, 0.5) is 5.95 Å². The van der Waals surface area contributed by atoms with Crippen LogP contribution in [0.1, 0.15) is 6.42 Å². The van der Waals surface area contributed by atoms with E-state index in [0.717, 1.165) is 32.1 Å². The van der Waals surface area contributed by atoms with Crippen LogP contribution in [0.15, 0.2) is 23.5 Å². The number of nitrogens with two attached hydrogens (primary N) is 1. The van der Waals surface area contributed by atoms with Crippen molar-refractivity contribution in [2.75, 3.05) is 37.6 Å². The van der Waals surface area contributed by atoms with Gasteiger partial charge in [-0.2, -0.15) is 0 Å². The van der Waals surface area contributed by atoms with Crippen LogP contribution in [0.5, 0.6) is 0 Å². The lowest BCUT2D eigenvalue weighted by molar-refractivity contribution is 0.378. The maximum Gasteiger partial charge on any atom is 0.225 e. The van der Waals surface area contributed by atoms with Gasteiger partial charge in [0.05, 0.1) is 6.54 Å². The molecule has 0 spiro atoms. The van der Waals surface area contributed by atoms with Crippen molar-refractivity contribution in [1.29, 1.82) is 0 Å². The number of hydrogen-bond donors (Lipinski definition) is 1. The molecule has 108 valence electrons. The molecule has 1 aliphatic rings. The maximum absolute atomic E-state index is 5.93. The quantitative estimate of drug-likeness (QED) is 0.270. The van der Waals surface area contributed by atoms with Crippen LogP contribution < -0.4 is 10.6 Å². The van der Waals surface area contributed by atoms with Crippen molar-refractivity contribution in [2.45, 2.75) is 6.42 Å². The van der Waals surface area contributed by atoms with Crippen molar-refractivity contribution >= 4 is 35.9 Å². The minimum Gasteiger partial charge on any atom is -0.370 e. The molecule has 0 radical (unpaired) electrons. The lowest BCUT2D eigenvalue weighted by Gasteiger charge is -2.35. The first-order valence-electron chi connectivity index (χ1n) is 6.31. The fourth-order valence-corrected chi connectivity index (χ4v) is 1.93. The van der Waals surface area contributed by atoms with E-state index >= 15 is 0 Å². The van der Waals surface area contributed by atoms with Gasteiger partial charge in [-0.25, -0.2) is 9.97 Å². The number of anilines is 1. The first-order chi connectivity index (χ1) is 9.31. The number of terminal acetylenes is 1. The topological polar surface area (TPSA) is 70.6 Å². The first kappa shape index (κ1) is 16.5. The Morgan fingerprint density at radius 3 is 2.55 bits per heavy atom. The van der Waals surface area contributed by atoms with Gasteiger partial charge in [0.15, 0.2) is 5.96 Å². The average molecular weight is 386 g/mol. The molecule has 0 bridgehead atoms. The van der Waals surface area contributed by atoms with Gasteiger partial charge >= 0.3 is 0 Å². The molecule has 1 saturated heterocycles. The van der Waals surface area contributed by atoms with Crippen molar-refractivity contribution in [1.82, 2.24) is 14.9 Å². The van der Waals surface area contributed by atoms with Crippen LogP contribution in [-0.4, -0.2) is 53.6 Å². The smallest absolute Gasteiger partial charge is 0.225 e. The lowest BCUT2D eigenvalue weighted by atomic mass is 10.3. The van der Waals surface area contributed by atoms with Crippen LogP contribution in [0.25, 0.3) is 0 Å². The number of guanidine groups is 1. The Hall–Kier alpha value is -1.56. The molecule has 1 aromatic rings. The van der Waals surface area contributed by atoms with Gasteiger partial charge < -0.3 is 15.5 Å². The summed E-state index contributed by atoms with van der Waals surface area (Å²) in [5.74, 6) is 3.89. The molecule has 1 fully saturated rings. The molecule has 20 heavy (non-hydrogen) atoms. The summed E-state index contributed by atoms with van der Waals surface area (Å²) < 4.78 is 0. The van der Waals surface area contributed by atoms with Crippen LogP contribution in [0, 0.1) is 12.3 Å². The van der Waals surface area contributed by atoms with Crippen molar-refractivity contribution < 1.29 is 0 Å². The third-order valence-corrected chi connectivity index (χ3v) is 2.97. The van der Waals surface area contributed by atoms with E-state index in [4.69, 9.17) is 12.2 Å². The van der Waals surface area contributed by atoms with Gasteiger partial charge in [0, 0.05) is 45.0 Å². The van der Waals surface area contributed by atoms with Gasteiger partial charge in [-0.05, 0) is 6.07 Å². The van der Waals surface area contributed by atoms with E-state index in [9.17, 15) is 0 Å². The number of rotatable bonds is 3. The third kappa shape index (κ3) is 4.52. The standard InChI is InChI=1S/C13H18N6.HI/c1-2-3-5-15-12(14)18-8-10-19(11-9-18)13-16-6-4-7-17-13;/h1,4,6-7H,3,5,8-11H2,(H2,14,15);1H.